The van der Waals surface area contributed by atoms with Crippen molar-refractivity contribution in [3.63, 3.8) is 0 Å². The molecule has 1 saturated heterocycles. The van der Waals surface area contributed by atoms with Gasteiger partial charge in [0.15, 0.2) is 0 Å². The molecule has 1 fully saturated rings. The van der Waals surface area contributed by atoms with Gasteiger partial charge >= 0.3 is 6.03 Å². The first kappa shape index (κ1) is 23.1. The third-order valence-electron chi connectivity index (χ3n) is 5.01. The number of benzene rings is 1. The predicted octanol–water partition coefficient (Wildman–Crippen LogP) is 2.99. The van der Waals surface area contributed by atoms with Crippen molar-refractivity contribution in [1.29, 1.82) is 5.26 Å². The van der Waals surface area contributed by atoms with E-state index >= 15 is 0 Å². The molecule has 8 nitrogen and oxygen atoms in total. The van der Waals surface area contributed by atoms with Gasteiger partial charge in [-0.1, -0.05) is 0 Å². The Labute approximate surface area is 182 Å². The topological polar surface area (TPSA) is 90.7 Å². The van der Waals surface area contributed by atoms with Crippen LogP contribution in [0.1, 0.15) is 24.1 Å². The number of aromatic nitrogens is 1. The highest BCUT2D eigenvalue weighted by atomic mass is 35.5. The largest absolute Gasteiger partial charge is 0.497 e. The molecule has 0 saturated carbocycles. The Morgan fingerprint density at radius 1 is 1.17 bits per heavy atom. The number of pyridine rings is 1. The van der Waals surface area contributed by atoms with Gasteiger partial charge in [-0.25, -0.2) is 9.78 Å². The molecule has 0 radical (unpaired) electrons. The molecule has 1 N–H and O–H groups in total. The number of carbonyl (C=O) groups excluding carboxylic acids is 1. The van der Waals surface area contributed by atoms with E-state index in [1.54, 1.807) is 37.4 Å². The molecular formula is C21H26ClN5O3. The van der Waals surface area contributed by atoms with E-state index in [1.807, 2.05) is 25.1 Å². The van der Waals surface area contributed by atoms with Crippen LogP contribution in [0.25, 0.3) is 0 Å². The molecule has 0 aliphatic carbocycles. The van der Waals surface area contributed by atoms with Gasteiger partial charge in [-0.3, -0.25) is 0 Å². The number of nitrogens with zero attached hydrogens (tertiary/aromatic N) is 4. The van der Waals surface area contributed by atoms with Crippen molar-refractivity contribution in [3.8, 4) is 17.6 Å². The molecule has 2 heterocycles. The molecule has 0 bridgehead atoms. The molecule has 2 amide bonds. The minimum absolute atomic E-state index is 0. The average molecular weight is 432 g/mol. The van der Waals surface area contributed by atoms with Gasteiger partial charge < -0.3 is 24.6 Å². The number of hydrogen-bond donors (Lipinski definition) is 1. The summed E-state index contributed by atoms with van der Waals surface area (Å²) < 4.78 is 10.7. The smallest absolute Gasteiger partial charge is 0.317 e. The Morgan fingerprint density at radius 2 is 1.90 bits per heavy atom. The van der Waals surface area contributed by atoms with E-state index in [-0.39, 0.29) is 24.5 Å². The van der Waals surface area contributed by atoms with Crippen LogP contribution in [0.3, 0.4) is 0 Å². The Morgan fingerprint density at radius 3 is 2.53 bits per heavy atom. The van der Waals surface area contributed by atoms with Crippen molar-refractivity contribution in [2.75, 3.05) is 45.3 Å². The van der Waals surface area contributed by atoms with Crippen molar-refractivity contribution in [3.05, 3.63) is 47.7 Å². The predicted molar refractivity (Wildman–Crippen MR) is 116 cm³/mol. The van der Waals surface area contributed by atoms with Crippen LogP contribution < -0.4 is 19.7 Å². The number of rotatable bonds is 5. The second kappa shape index (κ2) is 10.6. The van der Waals surface area contributed by atoms with Crippen molar-refractivity contribution >= 4 is 24.3 Å². The number of piperazine rings is 1. The zero-order valence-electron chi connectivity index (χ0n) is 17.3. The molecule has 160 valence electrons. The monoisotopic (exact) mass is 431 g/mol. The lowest BCUT2D eigenvalue weighted by atomic mass is 10.1. The van der Waals surface area contributed by atoms with E-state index in [2.05, 4.69) is 21.3 Å². The van der Waals surface area contributed by atoms with E-state index in [0.29, 0.717) is 43.2 Å². The highest BCUT2D eigenvalue weighted by molar-refractivity contribution is 5.85. The summed E-state index contributed by atoms with van der Waals surface area (Å²) >= 11 is 0. The summed E-state index contributed by atoms with van der Waals surface area (Å²) in [6.45, 7) is 4.39. The number of halogens is 1. The number of hydrogen-bond acceptors (Lipinski definition) is 6. The fourth-order valence-corrected chi connectivity index (χ4v) is 3.33. The van der Waals surface area contributed by atoms with Crippen LogP contribution >= 0.6 is 12.4 Å². The zero-order chi connectivity index (χ0) is 20.8. The third-order valence-corrected chi connectivity index (χ3v) is 5.01. The minimum atomic E-state index is -0.237. The van der Waals surface area contributed by atoms with Crippen LogP contribution in [0.4, 0.5) is 10.6 Å². The van der Waals surface area contributed by atoms with Crippen LogP contribution in [-0.2, 0) is 0 Å². The van der Waals surface area contributed by atoms with Crippen molar-refractivity contribution < 1.29 is 14.3 Å². The quantitative estimate of drug-likeness (QED) is 0.782. The fraction of sp³-hybridized carbons (Fsp3) is 0.381. The Bertz CT molecular complexity index is 910. The van der Waals surface area contributed by atoms with Gasteiger partial charge in [-0.15, -0.1) is 12.4 Å². The Kier molecular flexibility index (Phi) is 8.13. The van der Waals surface area contributed by atoms with Gasteiger partial charge in [0, 0.05) is 37.9 Å². The van der Waals surface area contributed by atoms with Crippen LogP contribution in [0.2, 0.25) is 0 Å². The molecule has 9 heteroatoms. The molecule has 1 atom stereocenters. The second-order valence-electron chi connectivity index (χ2n) is 6.77. The van der Waals surface area contributed by atoms with Gasteiger partial charge in [-0.05, 0) is 37.3 Å². The maximum Gasteiger partial charge on any atom is 0.317 e. The number of anilines is 1. The average Bonchev–Trinajstić information content (AvgIpc) is 2.78. The molecule has 30 heavy (non-hydrogen) atoms. The first-order chi connectivity index (χ1) is 14.0. The lowest BCUT2D eigenvalue weighted by Gasteiger charge is -2.36. The van der Waals surface area contributed by atoms with Gasteiger partial charge in [0.2, 0.25) is 0 Å². The normalized spacial score (nSPS) is 14.2. The maximum atomic E-state index is 12.7. The first-order valence-electron chi connectivity index (χ1n) is 9.44. The molecule has 1 aromatic heterocycles. The van der Waals surface area contributed by atoms with Crippen molar-refractivity contribution in [1.82, 2.24) is 15.2 Å². The van der Waals surface area contributed by atoms with Gasteiger partial charge in [0.1, 0.15) is 17.3 Å². The summed E-state index contributed by atoms with van der Waals surface area (Å²) in [7, 11) is 3.21. The van der Waals surface area contributed by atoms with E-state index in [9.17, 15) is 4.79 Å². The van der Waals surface area contributed by atoms with Crippen LogP contribution in [-0.4, -0.2) is 56.3 Å². The molecular weight excluding hydrogens is 406 g/mol. The van der Waals surface area contributed by atoms with Gasteiger partial charge in [0.25, 0.3) is 0 Å². The lowest BCUT2D eigenvalue weighted by molar-refractivity contribution is 0.191. The number of carbonyl (C=O) groups is 1. The lowest BCUT2D eigenvalue weighted by Crippen LogP contribution is -2.52. The summed E-state index contributed by atoms with van der Waals surface area (Å²) in [5.74, 6) is 2.17. The summed E-state index contributed by atoms with van der Waals surface area (Å²) in [5, 5.41) is 12.1. The van der Waals surface area contributed by atoms with Gasteiger partial charge in [-0.2, -0.15) is 5.26 Å². The summed E-state index contributed by atoms with van der Waals surface area (Å²) in [4.78, 5) is 20.9. The SMILES string of the molecule is COc1ccc(OC)c(C(C)NC(=O)N2CCN(c3cc(C#N)ccn3)CC2)c1.Cl. The number of nitriles is 1. The number of nitrogens with one attached hydrogen (secondary N) is 1. The molecule has 1 aliphatic heterocycles. The molecule has 1 aromatic carbocycles. The molecule has 1 aliphatic rings. The van der Waals surface area contributed by atoms with E-state index in [0.717, 1.165) is 11.4 Å². The van der Waals surface area contributed by atoms with E-state index in [4.69, 9.17) is 14.7 Å². The van der Waals surface area contributed by atoms with Crippen molar-refractivity contribution in [2.45, 2.75) is 13.0 Å². The maximum absolute atomic E-state index is 12.7. The van der Waals surface area contributed by atoms with Gasteiger partial charge in [0.05, 0.1) is 31.9 Å². The Hall–Kier alpha value is -3.18. The highest BCUT2D eigenvalue weighted by Crippen LogP contribution is 2.29. The molecule has 1 unspecified atom stereocenters. The number of methoxy groups -OCH3 is 2. The summed E-state index contributed by atoms with van der Waals surface area (Å²) in [6, 6.07) is 10.7. The minimum Gasteiger partial charge on any atom is -0.497 e. The van der Waals surface area contributed by atoms with Crippen LogP contribution in [0.15, 0.2) is 36.5 Å². The highest BCUT2D eigenvalue weighted by Gasteiger charge is 2.24. The Balaban J connectivity index is 0.00000320. The number of amides is 2. The fourth-order valence-electron chi connectivity index (χ4n) is 3.33. The van der Waals surface area contributed by atoms with Crippen LogP contribution in [0.5, 0.6) is 11.5 Å². The first-order valence-corrected chi connectivity index (χ1v) is 9.44. The molecule has 0 spiro atoms. The van der Waals surface area contributed by atoms with Crippen molar-refractivity contribution in [2.24, 2.45) is 0 Å². The summed E-state index contributed by atoms with van der Waals surface area (Å²) in [6.07, 6.45) is 1.64. The van der Waals surface area contributed by atoms with Crippen LogP contribution in [0, 0.1) is 11.3 Å². The number of ether oxygens (including phenoxy) is 2. The molecule has 2 aromatic rings. The third kappa shape index (κ3) is 5.24. The van der Waals surface area contributed by atoms with E-state index < -0.39 is 0 Å². The second-order valence-corrected chi connectivity index (χ2v) is 6.77. The van der Waals surface area contributed by atoms with E-state index in [1.165, 1.54) is 0 Å². The number of urea groups is 1. The standard InChI is InChI=1S/C21H25N5O3.ClH/c1-15(18-13-17(28-2)4-5-19(18)29-3)24-21(27)26-10-8-25(9-11-26)20-12-16(14-22)6-7-23-20;/h4-7,12-13,15H,8-11H2,1-3H3,(H,24,27);1H. The summed E-state index contributed by atoms with van der Waals surface area (Å²) in [5.41, 5.74) is 1.44. The molecule has 3 rings (SSSR count). The zero-order valence-corrected chi connectivity index (χ0v) is 18.1.